The van der Waals surface area contributed by atoms with Crippen LogP contribution in [0, 0.1) is 0 Å². The highest BCUT2D eigenvalue weighted by Crippen LogP contribution is 2.28. The van der Waals surface area contributed by atoms with Gasteiger partial charge in [0, 0.05) is 4.75 Å². The Morgan fingerprint density at radius 3 is 2.38 bits per heavy atom. The fourth-order valence-corrected chi connectivity index (χ4v) is 2.58. The second-order valence-corrected chi connectivity index (χ2v) is 7.87. The van der Waals surface area contributed by atoms with E-state index in [1.54, 1.807) is 6.92 Å². The Bertz CT molecular complexity index is 477. The molecule has 0 heterocycles. The SMILES string of the molecule is C=C(C)[C@H](O)[C@H](OCc1ccccc1)C(=O)SC(C)(C)C. The van der Waals surface area contributed by atoms with Crippen LogP contribution in [0.5, 0.6) is 0 Å². The van der Waals surface area contributed by atoms with Crippen LogP contribution in [0.3, 0.4) is 0 Å². The van der Waals surface area contributed by atoms with Crippen molar-refractivity contribution in [1.82, 2.24) is 0 Å². The van der Waals surface area contributed by atoms with E-state index in [0.717, 1.165) is 5.56 Å². The summed E-state index contributed by atoms with van der Waals surface area (Å²) < 4.78 is 5.46. The van der Waals surface area contributed by atoms with Crippen molar-refractivity contribution in [3.8, 4) is 0 Å². The summed E-state index contributed by atoms with van der Waals surface area (Å²) in [6.07, 6.45) is -1.89. The highest BCUT2D eigenvalue weighted by molar-refractivity contribution is 8.14. The van der Waals surface area contributed by atoms with Crippen LogP contribution in [-0.4, -0.2) is 27.2 Å². The van der Waals surface area contributed by atoms with E-state index in [2.05, 4.69) is 6.58 Å². The normalized spacial score (nSPS) is 14.5. The van der Waals surface area contributed by atoms with Crippen molar-refractivity contribution in [2.75, 3.05) is 0 Å². The van der Waals surface area contributed by atoms with Gasteiger partial charge in [0.2, 0.25) is 5.12 Å². The molecule has 0 aliphatic carbocycles. The van der Waals surface area contributed by atoms with Crippen molar-refractivity contribution in [3.63, 3.8) is 0 Å². The zero-order chi connectivity index (χ0) is 16.0. The average molecular weight is 308 g/mol. The van der Waals surface area contributed by atoms with Crippen LogP contribution in [0.2, 0.25) is 0 Å². The lowest BCUT2D eigenvalue weighted by Gasteiger charge is -2.25. The first kappa shape index (κ1) is 18.0. The molecular formula is C17H24O3S. The Balaban J connectivity index is 2.78. The molecule has 4 heteroatoms. The zero-order valence-electron chi connectivity index (χ0n) is 13.1. The summed E-state index contributed by atoms with van der Waals surface area (Å²) in [6, 6.07) is 9.59. The van der Waals surface area contributed by atoms with Crippen LogP contribution >= 0.6 is 11.8 Å². The fraction of sp³-hybridized carbons (Fsp3) is 0.471. The molecule has 3 nitrogen and oxygen atoms in total. The molecule has 0 aliphatic heterocycles. The number of thioether (sulfide) groups is 1. The maximum atomic E-state index is 12.4. The van der Waals surface area contributed by atoms with Crippen LogP contribution in [-0.2, 0) is 16.1 Å². The average Bonchev–Trinajstić information content (AvgIpc) is 2.37. The Kier molecular flexibility index (Phi) is 6.65. The molecule has 2 atom stereocenters. The van der Waals surface area contributed by atoms with Gasteiger partial charge in [0.05, 0.1) is 6.61 Å². The minimum atomic E-state index is -0.990. The van der Waals surface area contributed by atoms with E-state index in [9.17, 15) is 9.90 Å². The summed E-state index contributed by atoms with van der Waals surface area (Å²) in [5.41, 5.74) is 1.49. The van der Waals surface area contributed by atoms with Gasteiger partial charge in [-0.25, -0.2) is 0 Å². The molecule has 0 unspecified atom stereocenters. The minimum absolute atomic E-state index is 0.172. The number of hydrogen-bond donors (Lipinski definition) is 1. The summed E-state index contributed by atoms with van der Waals surface area (Å²) in [5.74, 6) is 0. The Hall–Kier alpha value is -1.10. The first-order chi connectivity index (χ1) is 9.70. The first-order valence-corrected chi connectivity index (χ1v) is 7.74. The lowest BCUT2D eigenvalue weighted by Crippen LogP contribution is -2.37. The summed E-state index contributed by atoms with van der Waals surface area (Å²) in [6.45, 7) is 11.6. The van der Waals surface area contributed by atoms with Crippen molar-refractivity contribution < 1.29 is 14.6 Å². The number of aliphatic hydroxyl groups excluding tert-OH is 1. The quantitative estimate of drug-likeness (QED) is 0.816. The van der Waals surface area contributed by atoms with E-state index >= 15 is 0 Å². The maximum Gasteiger partial charge on any atom is 0.221 e. The monoisotopic (exact) mass is 308 g/mol. The van der Waals surface area contributed by atoms with Gasteiger partial charge in [-0.15, -0.1) is 0 Å². The highest BCUT2D eigenvalue weighted by atomic mass is 32.2. The maximum absolute atomic E-state index is 12.4. The van der Waals surface area contributed by atoms with E-state index in [1.165, 1.54) is 11.8 Å². The predicted molar refractivity (Wildman–Crippen MR) is 88.2 cm³/mol. The second-order valence-electron chi connectivity index (χ2n) is 6.04. The van der Waals surface area contributed by atoms with E-state index < -0.39 is 12.2 Å². The van der Waals surface area contributed by atoms with E-state index in [1.807, 2.05) is 51.1 Å². The van der Waals surface area contributed by atoms with Gasteiger partial charge in [0.15, 0.2) is 6.10 Å². The summed E-state index contributed by atoms with van der Waals surface area (Å²) in [5, 5.41) is 10.0. The lowest BCUT2D eigenvalue weighted by molar-refractivity contribution is -0.128. The topological polar surface area (TPSA) is 46.5 Å². The number of rotatable bonds is 6. The molecule has 116 valence electrons. The molecular weight excluding hydrogens is 284 g/mol. The molecule has 0 saturated heterocycles. The highest BCUT2D eigenvalue weighted by Gasteiger charge is 2.31. The fourth-order valence-electron chi connectivity index (χ4n) is 1.67. The molecule has 1 aromatic rings. The lowest BCUT2D eigenvalue weighted by atomic mass is 10.1. The van der Waals surface area contributed by atoms with Gasteiger partial charge in [0.25, 0.3) is 0 Å². The molecule has 1 aromatic carbocycles. The van der Waals surface area contributed by atoms with Gasteiger partial charge >= 0.3 is 0 Å². The first-order valence-electron chi connectivity index (χ1n) is 6.92. The molecule has 1 rings (SSSR count). The molecule has 0 radical (unpaired) electrons. The van der Waals surface area contributed by atoms with Crippen LogP contribution in [0.4, 0.5) is 0 Å². The Morgan fingerprint density at radius 2 is 1.90 bits per heavy atom. The van der Waals surface area contributed by atoms with E-state index in [-0.39, 0.29) is 16.5 Å². The standard InChI is InChI=1S/C17H24O3S/c1-12(2)14(18)15(16(19)21-17(3,4)5)20-11-13-9-7-6-8-10-13/h6-10,14-15,18H,1,11H2,2-5H3/t14-,15-/m0/s1. The predicted octanol–water partition coefficient (Wildman–Crippen LogP) is 3.57. The van der Waals surface area contributed by atoms with Crippen molar-refractivity contribution in [2.24, 2.45) is 0 Å². The molecule has 0 fully saturated rings. The summed E-state index contributed by atoms with van der Waals surface area (Å²) in [4.78, 5) is 12.4. The van der Waals surface area contributed by atoms with E-state index in [0.29, 0.717) is 5.57 Å². The number of aliphatic hydroxyl groups is 1. The van der Waals surface area contributed by atoms with Gasteiger partial charge in [-0.1, -0.05) is 69.4 Å². The minimum Gasteiger partial charge on any atom is -0.386 e. The summed E-state index contributed by atoms with van der Waals surface area (Å²) >= 11 is 1.18. The molecule has 1 N–H and O–H groups in total. The number of ether oxygens (including phenoxy) is 1. The Labute approximate surface area is 131 Å². The molecule has 21 heavy (non-hydrogen) atoms. The van der Waals surface area contributed by atoms with Crippen LogP contribution < -0.4 is 0 Å². The number of benzene rings is 1. The zero-order valence-corrected chi connectivity index (χ0v) is 13.9. The second kappa shape index (κ2) is 7.78. The van der Waals surface area contributed by atoms with Crippen molar-refractivity contribution >= 4 is 16.9 Å². The van der Waals surface area contributed by atoms with Gasteiger partial charge in [-0.3, -0.25) is 4.79 Å². The van der Waals surface area contributed by atoms with Gasteiger partial charge in [-0.05, 0) is 18.1 Å². The van der Waals surface area contributed by atoms with Crippen molar-refractivity contribution in [3.05, 3.63) is 48.0 Å². The van der Waals surface area contributed by atoms with Gasteiger partial charge < -0.3 is 9.84 Å². The molecule has 0 spiro atoms. The third-order valence-electron chi connectivity index (χ3n) is 2.70. The third-order valence-corrected chi connectivity index (χ3v) is 3.75. The third kappa shape index (κ3) is 6.46. The van der Waals surface area contributed by atoms with Gasteiger partial charge in [0.1, 0.15) is 6.10 Å². The summed E-state index contributed by atoms with van der Waals surface area (Å²) in [7, 11) is 0. The smallest absolute Gasteiger partial charge is 0.221 e. The van der Waals surface area contributed by atoms with Crippen molar-refractivity contribution in [2.45, 2.75) is 51.3 Å². The molecule has 0 aromatic heterocycles. The largest absolute Gasteiger partial charge is 0.386 e. The van der Waals surface area contributed by atoms with Crippen molar-refractivity contribution in [1.29, 1.82) is 0 Å². The molecule has 0 bridgehead atoms. The number of carbonyl (C=O) groups excluding carboxylic acids is 1. The van der Waals surface area contributed by atoms with Gasteiger partial charge in [-0.2, -0.15) is 0 Å². The van der Waals surface area contributed by atoms with E-state index in [4.69, 9.17) is 4.74 Å². The number of carbonyl (C=O) groups is 1. The molecule has 0 saturated carbocycles. The van der Waals surface area contributed by atoms with Crippen LogP contribution in [0.15, 0.2) is 42.5 Å². The number of hydrogen-bond acceptors (Lipinski definition) is 4. The Morgan fingerprint density at radius 1 is 1.33 bits per heavy atom. The van der Waals surface area contributed by atoms with Crippen LogP contribution in [0.1, 0.15) is 33.3 Å². The van der Waals surface area contributed by atoms with Crippen LogP contribution in [0.25, 0.3) is 0 Å². The molecule has 0 amide bonds. The molecule has 0 aliphatic rings.